The van der Waals surface area contributed by atoms with Crippen molar-refractivity contribution in [2.75, 3.05) is 0 Å². The van der Waals surface area contributed by atoms with Crippen LogP contribution in [0.25, 0.3) is 0 Å². The molecule has 0 amide bonds. The molecule has 0 saturated heterocycles. The first kappa shape index (κ1) is 9.21. The summed E-state index contributed by atoms with van der Waals surface area (Å²) >= 11 is 0. The molecular weight excluding hydrogens is 170 g/mol. The molecule has 4 rings (SSSR count). The van der Waals surface area contributed by atoms with Crippen LogP contribution in [0.15, 0.2) is 0 Å². The van der Waals surface area contributed by atoms with E-state index in [1.54, 1.807) is 0 Å². The lowest BCUT2D eigenvalue weighted by molar-refractivity contribution is -0.146. The lowest BCUT2D eigenvalue weighted by atomic mass is 9.39. The predicted octanol–water partition coefficient (Wildman–Crippen LogP) is 2.94. The van der Waals surface area contributed by atoms with E-state index in [9.17, 15) is 0 Å². The van der Waals surface area contributed by atoms with Gasteiger partial charge >= 0.3 is 0 Å². The molecule has 2 N–H and O–H groups in total. The van der Waals surface area contributed by atoms with Crippen molar-refractivity contribution in [2.45, 2.75) is 58.4 Å². The van der Waals surface area contributed by atoms with Crippen LogP contribution < -0.4 is 5.73 Å². The highest BCUT2D eigenvalue weighted by Crippen LogP contribution is 2.67. The molecule has 5 atom stereocenters. The Kier molecular flexibility index (Phi) is 1.45. The Morgan fingerprint density at radius 3 is 2.36 bits per heavy atom. The molecule has 4 bridgehead atoms. The minimum Gasteiger partial charge on any atom is -0.325 e. The molecule has 4 aliphatic rings. The fourth-order valence-electron chi connectivity index (χ4n) is 5.58. The van der Waals surface area contributed by atoms with E-state index in [0.717, 1.165) is 11.8 Å². The Morgan fingerprint density at radius 2 is 1.79 bits per heavy atom. The summed E-state index contributed by atoms with van der Waals surface area (Å²) in [6.07, 6.45) is 6.92. The molecule has 0 spiro atoms. The van der Waals surface area contributed by atoms with Gasteiger partial charge < -0.3 is 5.73 Å². The maximum atomic E-state index is 6.63. The van der Waals surface area contributed by atoms with Crippen molar-refractivity contribution in [2.24, 2.45) is 28.4 Å². The summed E-state index contributed by atoms with van der Waals surface area (Å²) in [5, 5.41) is 0. The predicted molar refractivity (Wildman–Crippen MR) is 58.9 cm³/mol. The standard InChI is InChI=1S/C13H23N/c1-9-12(3)5-10-4-11(2,7-12)8-13(9,14)6-10/h9-10H,4-8,14H2,1-3H3. The molecule has 4 saturated carbocycles. The van der Waals surface area contributed by atoms with Gasteiger partial charge in [-0.25, -0.2) is 0 Å². The van der Waals surface area contributed by atoms with Gasteiger partial charge in [0.1, 0.15) is 0 Å². The summed E-state index contributed by atoms with van der Waals surface area (Å²) in [5.41, 5.74) is 7.96. The molecule has 0 aromatic rings. The molecule has 0 radical (unpaired) electrons. The highest BCUT2D eigenvalue weighted by molar-refractivity contribution is 5.16. The Balaban J connectivity index is 2.07. The van der Waals surface area contributed by atoms with Crippen LogP contribution in [0.4, 0.5) is 0 Å². The summed E-state index contributed by atoms with van der Waals surface area (Å²) in [6, 6.07) is 0. The molecular formula is C13H23N. The third-order valence-corrected chi connectivity index (χ3v) is 5.70. The maximum Gasteiger partial charge on any atom is 0.0193 e. The van der Waals surface area contributed by atoms with E-state index in [1.807, 2.05) is 0 Å². The quantitative estimate of drug-likeness (QED) is 0.629. The zero-order valence-electron chi connectivity index (χ0n) is 9.77. The summed E-state index contributed by atoms with van der Waals surface area (Å²) in [7, 11) is 0. The van der Waals surface area contributed by atoms with Gasteiger partial charge in [-0.1, -0.05) is 20.8 Å². The molecule has 4 aliphatic carbocycles. The summed E-state index contributed by atoms with van der Waals surface area (Å²) in [5.74, 6) is 1.67. The van der Waals surface area contributed by atoms with Crippen LogP contribution in [0.5, 0.6) is 0 Å². The lowest BCUT2D eigenvalue weighted by Crippen LogP contribution is -2.67. The topological polar surface area (TPSA) is 26.0 Å². The minimum atomic E-state index is 0.183. The van der Waals surface area contributed by atoms with Crippen LogP contribution in [0, 0.1) is 22.7 Å². The van der Waals surface area contributed by atoms with Crippen LogP contribution in [0.3, 0.4) is 0 Å². The fourth-order valence-corrected chi connectivity index (χ4v) is 5.58. The van der Waals surface area contributed by atoms with Crippen LogP contribution in [0.1, 0.15) is 52.9 Å². The van der Waals surface area contributed by atoms with Crippen molar-refractivity contribution in [3.63, 3.8) is 0 Å². The van der Waals surface area contributed by atoms with Gasteiger partial charge in [0.25, 0.3) is 0 Å². The average Bonchev–Trinajstić information content (AvgIpc) is 1.95. The van der Waals surface area contributed by atoms with Gasteiger partial charge in [0.15, 0.2) is 0 Å². The lowest BCUT2D eigenvalue weighted by Gasteiger charge is -2.67. The molecule has 1 heteroatoms. The van der Waals surface area contributed by atoms with E-state index in [2.05, 4.69) is 20.8 Å². The van der Waals surface area contributed by atoms with Crippen LogP contribution in [-0.2, 0) is 0 Å². The molecule has 1 nitrogen and oxygen atoms in total. The monoisotopic (exact) mass is 193 g/mol. The smallest absolute Gasteiger partial charge is 0.0193 e. The summed E-state index contributed by atoms with van der Waals surface area (Å²) in [6.45, 7) is 7.37. The Morgan fingerprint density at radius 1 is 1.07 bits per heavy atom. The molecule has 14 heavy (non-hydrogen) atoms. The van der Waals surface area contributed by atoms with E-state index < -0.39 is 0 Å². The molecule has 0 aliphatic heterocycles. The second kappa shape index (κ2) is 2.21. The van der Waals surface area contributed by atoms with E-state index in [4.69, 9.17) is 5.73 Å². The molecule has 0 aromatic heterocycles. The van der Waals surface area contributed by atoms with E-state index in [1.165, 1.54) is 32.1 Å². The van der Waals surface area contributed by atoms with Gasteiger partial charge in [0.05, 0.1) is 0 Å². The fraction of sp³-hybridized carbons (Fsp3) is 1.00. The molecule has 5 unspecified atom stereocenters. The van der Waals surface area contributed by atoms with Crippen molar-refractivity contribution in [1.29, 1.82) is 0 Å². The van der Waals surface area contributed by atoms with Crippen molar-refractivity contribution in [1.82, 2.24) is 0 Å². The third kappa shape index (κ3) is 0.946. The number of hydrogen-bond donors (Lipinski definition) is 1. The van der Waals surface area contributed by atoms with Crippen LogP contribution in [-0.4, -0.2) is 5.54 Å². The van der Waals surface area contributed by atoms with Gasteiger partial charge in [-0.15, -0.1) is 0 Å². The first-order chi connectivity index (χ1) is 6.35. The zero-order valence-corrected chi connectivity index (χ0v) is 9.77. The Bertz CT molecular complexity index is 263. The molecule has 0 heterocycles. The highest BCUT2D eigenvalue weighted by atomic mass is 14.8. The van der Waals surface area contributed by atoms with Crippen molar-refractivity contribution in [3.8, 4) is 0 Å². The average molecular weight is 193 g/mol. The minimum absolute atomic E-state index is 0.183. The first-order valence-corrected chi connectivity index (χ1v) is 6.14. The number of rotatable bonds is 0. The van der Waals surface area contributed by atoms with Crippen molar-refractivity contribution >= 4 is 0 Å². The van der Waals surface area contributed by atoms with Gasteiger partial charge in [0.2, 0.25) is 0 Å². The van der Waals surface area contributed by atoms with Gasteiger partial charge in [0, 0.05) is 5.54 Å². The SMILES string of the molecule is CC1C2(C)CC3CC(C)(C2)CC1(N)C3. The molecule has 80 valence electrons. The second-order valence-electron chi connectivity index (χ2n) is 7.25. The van der Waals surface area contributed by atoms with E-state index in [-0.39, 0.29) is 5.54 Å². The zero-order chi connectivity index (χ0) is 10.2. The van der Waals surface area contributed by atoms with E-state index >= 15 is 0 Å². The summed E-state index contributed by atoms with van der Waals surface area (Å²) < 4.78 is 0. The van der Waals surface area contributed by atoms with Gasteiger partial charge in [-0.3, -0.25) is 0 Å². The van der Waals surface area contributed by atoms with Crippen molar-refractivity contribution in [3.05, 3.63) is 0 Å². The molecule has 4 fully saturated rings. The molecule has 0 aromatic carbocycles. The highest BCUT2D eigenvalue weighted by Gasteiger charge is 2.62. The van der Waals surface area contributed by atoms with Crippen molar-refractivity contribution < 1.29 is 0 Å². The second-order valence-corrected chi connectivity index (χ2v) is 7.25. The van der Waals surface area contributed by atoms with Gasteiger partial charge in [-0.2, -0.15) is 0 Å². The van der Waals surface area contributed by atoms with E-state index in [0.29, 0.717) is 10.8 Å². The summed E-state index contributed by atoms with van der Waals surface area (Å²) in [4.78, 5) is 0. The van der Waals surface area contributed by atoms with Gasteiger partial charge in [-0.05, 0) is 54.8 Å². The first-order valence-electron chi connectivity index (χ1n) is 6.14. The third-order valence-electron chi connectivity index (χ3n) is 5.70. The van der Waals surface area contributed by atoms with Crippen LogP contribution >= 0.6 is 0 Å². The number of nitrogens with two attached hydrogens (primary N) is 1. The number of hydrogen-bond acceptors (Lipinski definition) is 1. The Hall–Kier alpha value is -0.0400. The maximum absolute atomic E-state index is 6.63. The largest absolute Gasteiger partial charge is 0.325 e. The van der Waals surface area contributed by atoms with Crippen LogP contribution in [0.2, 0.25) is 0 Å². The Labute approximate surface area is 87.4 Å². The normalized spacial score (nSPS) is 66.0.